The SMILES string of the molecule is O=C(O[C@@H]1Cc2c(O)cc(O)cc2O[C@@H]1c1ccc(O)c(O)c1)O[C@@H]1Cc2c(O)cc(O)cc2O[C@@H]1c1ccc(O)c(O)c1. The maximum atomic E-state index is 13.3. The van der Waals surface area contributed by atoms with Crippen LogP contribution in [0.4, 0.5) is 4.79 Å². The quantitative estimate of drug-likeness (QED) is 0.120. The summed E-state index contributed by atoms with van der Waals surface area (Å²) in [5.41, 5.74) is 1.06. The largest absolute Gasteiger partial charge is 0.509 e. The average molecular weight is 607 g/mol. The van der Waals surface area contributed by atoms with Crippen LogP contribution >= 0.6 is 0 Å². The Morgan fingerprint density at radius 2 is 0.955 bits per heavy atom. The van der Waals surface area contributed by atoms with Crippen LogP contribution < -0.4 is 9.47 Å². The predicted molar refractivity (Wildman–Crippen MR) is 148 cm³/mol. The van der Waals surface area contributed by atoms with Crippen LogP contribution in [-0.2, 0) is 22.3 Å². The van der Waals surface area contributed by atoms with Gasteiger partial charge in [-0.1, -0.05) is 12.1 Å². The van der Waals surface area contributed by atoms with Gasteiger partial charge >= 0.3 is 6.16 Å². The monoisotopic (exact) mass is 606 g/mol. The zero-order valence-corrected chi connectivity index (χ0v) is 22.6. The van der Waals surface area contributed by atoms with Crippen molar-refractivity contribution in [1.82, 2.24) is 0 Å². The molecule has 0 spiro atoms. The van der Waals surface area contributed by atoms with Crippen LogP contribution in [0.2, 0.25) is 0 Å². The molecule has 4 atom stereocenters. The van der Waals surface area contributed by atoms with Crippen molar-refractivity contribution in [2.75, 3.05) is 0 Å². The second kappa shape index (κ2) is 10.8. The summed E-state index contributed by atoms with van der Waals surface area (Å²) in [5, 5.41) is 80.6. The second-order valence-corrected chi connectivity index (χ2v) is 10.4. The topological polar surface area (TPSA) is 216 Å². The van der Waals surface area contributed by atoms with E-state index in [2.05, 4.69) is 0 Å². The van der Waals surface area contributed by atoms with Crippen LogP contribution in [-0.4, -0.2) is 59.2 Å². The molecule has 0 amide bonds. The minimum absolute atomic E-state index is 0.0951. The van der Waals surface area contributed by atoms with Gasteiger partial charge in [0.25, 0.3) is 0 Å². The lowest BCUT2D eigenvalue weighted by molar-refractivity contribution is -0.0685. The van der Waals surface area contributed by atoms with Crippen LogP contribution in [0.5, 0.6) is 57.5 Å². The van der Waals surface area contributed by atoms with Gasteiger partial charge in [-0.3, -0.25) is 0 Å². The molecule has 2 heterocycles. The molecular formula is C31H26O13. The van der Waals surface area contributed by atoms with Crippen LogP contribution in [0.3, 0.4) is 0 Å². The molecule has 0 unspecified atom stereocenters. The van der Waals surface area contributed by atoms with Crippen molar-refractivity contribution in [2.24, 2.45) is 0 Å². The molecule has 0 saturated heterocycles. The molecule has 13 nitrogen and oxygen atoms in total. The van der Waals surface area contributed by atoms with E-state index in [0.717, 1.165) is 12.1 Å². The fraction of sp³-hybridized carbons (Fsp3) is 0.194. The van der Waals surface area contributed by atoms with Gasteiger partial charge in [0, 0.05) is 59.4 Å². The summed E-state index contributed by atoms with van der Waals surface area (Å²) >= 11 is 0. The average Bonchev–Trinajstić information content (AvgIpc) is 2.96. The molecule has 228 valence electrons. The minimum atomic E-state index is -1.20. The lowest BCUT2D eigenvalue weighted by atomic mass is 9.93. The molecule has 8 N–H and O–H groups in total. The molecule has 0 radical (unpaired) electrons. The number of carbonyl (C=O) groups is 1. The fourth-order valence-electron chi connectivity index (χ4n) is 5.38. The molecule has 2 aliphatic rings. The third-order valence-electron chi connectivity index (χ3n) is 7.49. The van der Waals surface area contributed by atoms with E-state index in [1.807, 2.05) is 0 Å². The summed E-state index contributed by atoms with van der Waals surface area (Å²) in [6.07, 6.45) is -5.84. The molecule has 0 aliphatic carbocycles. The molecule has 44 heavy (non-hydrogen) atoms. The van der Waals surface area contributed by atoms with E-state index in [4.69, 9.17) is 18.9 Å². The van der Waals surface area contributed by atoms with E-state index < -0.39 is 53.6 Å². The van der Waals surface area contributed by atoms with Gasteiger partial charge in [0.2, 0.25) is 0 Å². The number of carbonyl (C=O) groups excluding carboxylic acids is 1. The highest BCUT2D eigenvalue weighted by atomic mass is 16.7. The molecule has 0 fully saturated rings. The molecule has 4 aromatic rings. The number of rotatable bonds is 4. The smallest absolute Gasteiger partial charge is 0.508 e. The van der Waals surface area contributed by atoms with Crippen molar-refractivity contribution in [3.63, 3.8) is 0 Å². The molecule has 0 saturated carbocycles. The van der Waals surface area contributed by atoms with Gasteiger partial charge in [0.15, 0.2) is 47.4 Å². The maximum absolute atomic E-state index is 13.3. The van der Waals surface area contributed by atoms with Crippen molar-refractivity contribution >= 4 is 6.16 Å². The van der Waals surface area contributed by atoms with Crippen LogP contribution in [0, 0.1) is 0 Å². The number of hydrogen-bond acceptors (Lipinski definition) is 13. The van der Waals surface area contributed by atoms with Gasteiger partial charge in [-0.2, -0.15) is 0 Å². The number of phenols is 8. The molecular weight excluding hydrogens is 580 g/mol. The Balaban J connectivity index is 1.31. The first-order chi connectivity index (χ1) is 21.0. The van der Waals surface area contributed by atoms with Crippen molar-refractivity contribution in [2.45, 2.75) is 37.3 Å². The van der Waals surface area contributed by atoms with E-state index in [1.165, 1.54) is 48.5 Å². The standard InChI is InChI=1S/C31H26O13/c32-15-7-21(36)17-11-27(29(41-25(17)9-15)13-1-3-19(34)23(38)5-13)43-31(40)44-28-12-18-22(37)8-16(33)10-26(18)42-30(28)14-2-4-20(35)24(39)6-14/h1-10,27-30,32-39H,11-12H2/t27-,28-,29-,30-/m1/s1. The molecule has 2 aliphatic heterocycles. The Morgan fingerprint density at radius 3 is 1.34 bits per heavy atom. The number of aromatic hydroxyl groups is 8. The normalized spacial score (nSPS) is 20.4. The maximum Gasteiger partial charge on any atom is 0.509 e. The number of ether oxygens (including phenoxy) is 4. The molecule has 4 aromatic carbocycles. The Hall–Kier alpha value is -5.85. The predicted octanol–water partition coefficient (Wildman–Crippen LogP) is 4.27. The third-order valence-corrected chi connectivity index (χ3v) is 7.49. The Kier molecular flexibility index (Phi) is 6.92. The Bertz CT molecular complexity index is 1640. The van der Waals surface area contributed by atoms with E-state index in [1.54, 1.807) is 0 Å². The van der Waals surface area contributed by atoms with Gasteiger partial charge in [0.1, 0.15) is 34.5 Å². The first-order valence-electron chi connectivity index (χ1n) is 13.3. The van der Waals surface area contributed by atoms with Crippen LogP contribution in [0.15, 0.2) is 60.7 Å². The first kappa shape index (κ1) is 28.3. The summed E-state index contributed by atoms with van der Waals surface area (Å²) in [4.78, 5) is 13.3. The summed E-state index contributed by atoms with van der Waals surface area (Å²) < 4.78 is 23.3. The highest BCUT2D eigenvalue weighted by Crippen LogP contribution is 2.46. The molecule has 0 aromatic heterocycles. The highest BCUT2D eigenvalue weighted by molar-refractivity contribution is 5.62. The van der Waals surface area contributed by atoms with Crippen LogP contribution in [0.1, 0.15) is 34.5 Å². The van der Waals surface area contributed by atoms with Gasteiger partial charge in [0.05, 0.1) is 0 Å². The van der Waals surface area contributed by atoms with E-state index in [-0.39, 0.29) is 58.5 Å². The number of hydrogen-bond donors (Lipinski definition) is 8. The van der Waals surface area contributed by atoms with Gasteiger partial charge in [-0.25, -0.2) is 4.79 Å². The van der Waals surface area contributed by atoms with E-state index in [0.29, 0.717) is 11.1 Å². The van der Waals surface area contributed by atoms with E-state index >= 15 is 0 Å². The highest BCUT2D eigenvalue weighted by Gasteiger charge is 2.40. The van der Waals surface area contributed by atoms with Crippen molar-refractivity contribution in [3.8, 4) is 57.5 Å². The van der Waals surface area contributed by atoms with E-state index in [9.17, 15) is 45.6 Å². The minimum Gasteiger partial charge on any atom is -0.508 e. The summed E-state index contributed by atoms with van der Waals surface area (Å²) in [6, 6.07) is 12.5. The third kappa shape index (κ3) is 5.26. The zero-order valence-electron chi connectivity index (χ0n) is 22.6. The van der Waals surface area contributed by atoms with Gasteiger partial charge in [-0.05, 0) is 24.3 Å². The Morgan fingerprint density at radius 1 is 0.545 bits per heavy atom. The van der Waals surface area contributed by atoms with Crippen molar-refractivity contribution < 1.29 is 64.6 Å². The van der Waals surface area contributed by atoms with Gasteiger partial charge < -0.3 is 59.8 Å². The van der Waals surface area contributed by atoms with Crippen molar-refractivity contribution in [3.05, 3.63) is 82.9 Å². The fourth-order valence-corrected chi connectivity index (χ4v) is 5.38. The number of phenolic OH excluding ortho intramolecular Hbond substituents is 8. The lowest BCUT2D eigenvalue weighted by Gasteiger charge is -2.36. The summed E-state index contributed by atoms with van der Waals surface area (Å²) in [5.74, 6) is -2.64. The molecule has 0 bridgehead atoms. The second-order valence-electron chi connectivity index (χ2n) is 10.4. The molecule has 6 rings (SSSR count). The van der Waals surface area contributed by atoms with Crippen molar-refractivity contribution in [1.29, 1.82) is 0 Å². The summed E-state index contributed by atoms with van der Waals surface area (Å²) in [7, 11) is 0. The van der Waals surface area contributed by atoms with Crippen LogP contribution in [0.25, 0.3) is 0 Å². The first-order valence-corrected chi connectivity index (χ1v) is 13.3. The lowest BCUT2D eigenvalue weighted by Crippen LogP contribution is -2.38. The Labute approximate surface area is 248 Å². The zero-order chi connectivity index (χ0) is 31.3. The molecule has 13 heteroatoms. The number of fused-ring (bicyclic) bond motifs is 2. The number of benzene rings is 4. The van der Waals surface area contributed by atoms with Gasteiger partial charge in [-0.15, -0.1) is 0 Å². The summed E-state index contributed by atoms with van der Waals surface area (Å²) in [6.45, 7) is 0.